The molecule has 3 amide bonds. The zero-order valence-electron chi connectivity index (χ0n) is 22.2. The number of morpholine rings is 1. The predicted octanol–water partition coefficient (Wildman–Crippen LogP) is 1.67. The van der Waals surface area contributed by atoms with Gasteiger partial charge in [-0.15, -0.1) is 0 Å². The molecule has 6 heterocycles. The number of aromatic nitrogens is 4. The summed E-state index contributed by atoms with van der Waals surface area (Å²) in [6.07, 6.45) is 5.56. The molecule has 0 saturated carbocycles. The molecule has 1 atom stereocenters. The Hall–Kier alpha value is -3.90. The molecule has 3 aromatic heterocycles. The van der Waals surface area contributed by atoms with E-state index in [0.717, 1.165) is 29.9 Å². The zero-order valence-corrected chi connectivity index (χ0v) is 22.2. The Morgan fingerprint density at radius 3 is 2.46 bits per heavy atom. The number of piperidine rings is 1. The number of fused-ring (bicyclic) bond motifs is 3. The van der Waals surface area contributed by atoms with Gasteiger partial charge in [-0.1, -0.05) is 0 Å². The summed E-state index contributed by atoms with van der Waals surface area (Å²) < 4.78 is 5.42. The van der Waals surface area contributed by atoms with Crippen molar-refractivity contribution in [3.05, 3.63) is 36.3 Å². The van der Waals surface area contributed by atoms with Gasteiger partial charge in [-0.3, -0.25) is 14.7 Å². The molecule has 1 N–H and O–H groups in total. The second kappa shape index (κ2) is 10.3. The molecule has 3 aromatic rings. The van der Waals surface area contributed by atoms with Gasteiger partial charge in [0.1, 0.15) is 11.6 Å². The van der Waals surface area contributed by atoms with Crippen LogP contribution >= 0.6 is 0 Å². The molecule has 6 rings (SSSR count). The third-order valence-corrected chi connectivity index (χ3v) is 7.67. The van der Waals surface area contributed by atoms with Crippen molar-refractivity contribution >= 4 is 34.6 Å². The summed E-state index contributed by atoms with van der Waals surface area (Å²) in [4.78, 5) is 51.9. The molecule has 39 heavy (non-hydrogen) atoms. The second-order valence-electron chi connectivity index (χ2n) is 10.3. The highest BCUT2D eigenvalue weighted by Gasteiger charge is 2.38. The number of hydrogen-bond donors (Lipinski definition) is 1. The number of anilines is 2. The first kappa shape index (κ1) is 25.4. The van der Waals surface area contributed by atoms with Crippen molar-refractivity contribution in [1.29, 1.82) is 0 Å². The standard InChI is InChI=1S/C27H32N8O4/c1-17(36)25(37)33-7-5-20(6-8-33)35-24-19(16-32(2)27(35)38)15-28-22-4-3-21(31-23(22)24)18-13-29-26(30-14-18)34-9-11-39-12-10-34/h3-4,13-15,17,20,36H,5-12,16H2,1-2H3/t17-/m1/s1. The average Bonchev–Trinajstić information content (AvgIpc) is 2.98. The molecule has 2 saturated heterocycles. The lowest BCUT2D eigenvalue weighted by Gasteiger charge is -2.43. The number of pyridine rings is 2. The molecule has 0 radical (unpaired) electrons. The number of aliphatic hydroxyl groups is 1. The highest BCUT2D eigenvalue weighted by Crippen LogP contribution is 2.37. The monoisotopic (exact) mass is 532 g/mol. The molecule has 0 spiro atoms. The molecule has 12 nitrogen and oxygen atoms in total. The van der Waals surface area contributed by atoms with E-state index in [9.17, 15) is 14.7 Å². The Bertz CT molecular complexity index is 1380. The predicted molar refractivity (Wildman–Crippen MR) is 144 cm³/mol. The fraction of sp³-hybridized carbons (Fsp3) is 0.481. The fourth-order valence-electron chi connectivity index (χ4n) is 5.57. The summed E-state index contributed by atoms with van der Waals surface area (Å²) in [5, 5.41) is 9.72. The molecule has 0 aromatic carbocycles. The molecule has 204 valence electrons. The first-order valence-corrected chi connectivity index (χ1v) is 13.4. The van der Waals surface area contributed by atoms with Gasteiger partial charge in [-0.05, 0) is 31.9 Å². The molecule has 12 heteroatoms. The van der Waals surface area contributed by atoms with Crippen molar-refractivity contribution in [1.82, 2.24) is 29.7 Å². The van der Waals surface area contributed by atoms with Gasteiger partial charge in [0.2, 0.25) is 5.95 Å². The van der Waals surface area contributed by atoms with Crippen LogP contribution in [0.4, 0.5) is 16.4 Å². The molecule has 3 aliphatic rings. The van der Waals surface area contributed by atoms with E-state index in [1.165, 1.54) is 6.92 Å². The minimum atomic E-state index is -1.03. The second-order valence-corrected chi connectivity index (χ2v) is 10.3. The number of carbonyl (C=O) groups is 2. The first-order valence-electron chi connectivity index (χ1n) is 13.4. The number of aliphatic hydroxyl groups excluding tert-OH is 1. The molecule has 3 aliphatic heterocycles. The Morgan fingerprint density at radius 2 is 1.77 bits per heavy atom. The average molecular weight is 533 g/mol. The maximum atomic E-state index is 13.5. The number of hydrogen-bond acceptors (Lipinski definition) is 9. The van der Waals surface area contributed by atoms with E-state index >= 15 is 0 Å². The number of nitrogens with zero attached hydrogens (tertiary/aromatic N) is 8. The van der Waals surface area contributed by atoms with Gasteiger partial charge in [-0.25, -0.2) is 19.7 Å². The third-order valence-electron chi connectivity index (χ3n) is 7.67. The van der Waals surface area contributed by atoms with Crippen LogP contribution in [0.1, 0.15) is 25.3 Å². The largest absolute Gasteiger partial charge is 0.384 e. The van der Waals surface area contributed by atoms with E-state index in [0.29, 0.717) is 68.4 Å². The van der Waals surface area contributed by atoms with Crippen molar-refractivity contribution in [2.45, 2.75) is 38.5 Å². The lowest BCUT2D eigenvalue weighted by atomic mass is 9.99. The van der Waals surface area contributed by atoms with Crippen molar-refractivity contribution in [3.63, 3.8) is 0 Å². The molecule has 0 aliphatic carbocycles. The fourth-order valence-corrected chi connectivity index (χ4v) is 5.57. The molecule has 0 unspecified atom stereocenters. The van der Waals surface area contributed by atoms with Gasteiger partial charge in [0.25, 0.3) is 5.91 Å². The SMILES string of the molecule is C[C@@H](O)C(=O)N1CCC(N2C(=O)N(C)Cc3cnc4ccc(-c5cnc(N6CCOCC6)nc5)nc4c32)CC1. The van der Waals surface area contributed by atoms with Gasteiger partial charge in [0.05, 0.1) is 36.7 Å². The van der Waals surface area contributed by atoms with Gasteiger partial charge >= 0.3 is 6.03 Å². The smallest absolute Gasteiger partial charge is 0.324 e. The highest BCUT2D eigenvalue weighted by molar-refractivity contribution is 6.04. The van der Waals surface area contributed by atoms with E-state index in [1.807, 2.05) is 23.2 Å². The van der Waals surface area contributed by atoms with Crippen LogP contribution in [0.5, 0.6) is 0 Å². The number of carbonyl (C=O) groups excluding carboxylic acids is 2. The van der Waals surface area contributed by atoms with Crippen molar-refractivity contribution < 1.29 is 19.4 Å². The Morgan fingerprint density at radius 1 is 1.05 bits per heavy atom. The van der Waals surface area contributed by atoms with E-state index in [1.54, 1.807) is 29.2 Å². The van der Waals surface area contributed by atoms with E-state index in [4.69, 9.17) is 9.72 Å². The third kappa shape index (κ3) is 4.74. The zero-order chi connectivity index (χ0) is 27.1. The minimum absolute atomic E-state index is 0.0966. The molecular weight excluding hydrogens is 500 g/mol. The van der Waals surface area contributed by atoms with Gasteiger partial charge in [0, 0.05) is 69.0 Å². The van der Waals surface area contributed by atoms with Gasteiger partial charge in [0.15, 0.2) is 0 Å². The first-order chi connectivity index (χ1) is 18.9. The Kier molecular flexibility index (Phi) is 6.73. The Labute approximate surface area is 226 Å². The van der Waals surface area contributed by atoms with Crippen LogP contribution in [0, 0.1) is 0 Å². The van der Waals surface area contributed by atoms with E-state index in [2.05, 4.69) is 19.9 Å². The number of amides is 3. The normalized spacial score (nSPS) is 19.4. The summed E-state index contributed by atoms with van der Waals surface area (Å²) in [6.45, 7) is 5.72. The number of ether oxygens (including phenoxy) is 1. The number of urea groups is 1. The van der Waals surface area contributed by atoms with Crippen molar-refractivity contribution in [3.8, 4) is 11.3 Å². The summed E-state index contributed by atoms with van der Waals surface area (Å²) >= 11 is 0. The molecule has 2 fully saturated rings. The van der Waals surface area contributed by atoms with Crippen LogP contribution in [0.25, 0.3) is 22.3 Å². The summed E-state index contributed by atoms with van der Waals surface area (Å²) in [5.74, 6) is 0.390. The van der Waals surface area contributed by atoms with Crippen LogP contribution in [-0.2, 0) is 16.1 Å². The number of rotatable bonds is 4. The quantitative estimate of drug-likeness (QED) is 0.534. The highest BCUT2D eigenvalue weighted by atomic mass is 16.5. The van der Waals surface area contributed by atoms with Crippen LogP contribution in [0.15, 0.2) is 30.7 Å². The van der Waals surface area contributed by atoms with Crippen molar-refractivity contribution in [2.24, 2.45) is 0 Å². The molecule has 0 bridgehead atoms. The van der Waals surface area contributed by atoms with Crippen LogP contribution in [0.2, 0.25) is 0 Å². The molecular formula is C27H32N8O4. The number of likely N-dealkylation sites (tertiary alicyclic amines) is 1. The lowest BCUT2D eigenvalue weighted by Crippen LogP contribution is -2.55. The van der Waals surface area contributed by atoms with E-state index < -0.39 is 6.10 Å². The summed E-state index contributed by atoms with van der Waals surface area (Å²) in [6, 6.07) is 3.61. The summed E-state index contributed by atoms with van der Waals surface area (Å²) in [5.41, 5.74) is 4.54. The summed E-state index contributed by atoms with van der Waals surface area (Å²) in [7, 11) is 1.78. The lowest BCUT2D eigenvalue weighted by molar-refractivity contribution is -0.140. The van der Waals surface area contributed by atoms with E-state index in [-0.39, 0.29) is 18.0 Å². The van der Waals surface area contributed by atoms with Gasteiger partial charge in [-0.2, -0.15) is 0 Å². The Balaban J connectivity index is 1.34. The van der Waals surface area contributed by atoms with Gasteiger partial charge < -0.3 is 24.5 Å². The maximum absolute atomic E-state index is 13.5. The van der Waals surface area contributed by atoms with Crippen LogP contribution in [-0.4, -0.2) is 105 Å². The van der Waals surface area contributed by atoms with Crippen molar-refractivity contribution in [2.75, 3.05) is 56.2 Å². The topological polar surface area (TPSA) is 128 Å². The minimum Gasteiger partial charge on any atom is -0.384 e. The van der Waals surface area contributed by atoms with Crippen LogP contribution < -0.4 is 9.80 Å². The maximum Gasteiger partial charge on any atom is 0.324 e. The van der Waals surface area contributed by atoms with Crippen LogP contribution in [0.3, 0.4) is 0 Å².